The topological polar surface area (TPSA) is 45.0 Å². The maximum Gasteiger partial charge on any atom is 0.129 e. The van der Waals surface area contributed by atoms with Crippen molar-refractivity contribution in [1.82, 2.24) is 0 Å². The number of nitrogens with zero attached hydrogens (tertiary/aromatic N) is 1. The number of benzene rings is 1. The second-order valence-corrected chi connectivity index (χ2v) is 6.61. The van der Waals surface area contributed by atoms with Crippen LogP contribution < -0.4 is 5.32 Å². The lowest BCUT2D eigenvalue weighted by Crippen LogP contribution is -2.38. The lowest BCUT2D eigenvalue weighted by molar-refractivity contribution is -0.0662. The van der Waals surface area contributed by atoms with Crippen molar-refractivity contribution in [3.05, 3.63) is 29.1 Å². The molecule has 1 saturated heterocycles. The third kappa shape index (κ3) is 2.78. The maximum atomic E-state index is 13.8. The van der Waals surface area contributed by atoms with Gasteiger partial charge < -0.3 is 10.1 Å². The fourth-order valence-electron chi connectivity index (χ4n) is 2.87. The van der Waals surface area contributed by atoms with Crippen LogP contribution in [0.25, 0.3) is 0 Å². The first-order valence-electron chi connectivity index (χ1n) is 6.81. The first-order chi connectivity index (χ1) is 9.14. The largest absolute Gasteiger partial charge is 0.379 e. The second-order valence-electron chi connectivity index (χ2n) is 6.61. The average molecular weight is 276 g/mol. The number of hydrogen-bond donors (Lipinski definition) is 1. The van der Waals surface area contributed by atoms with Crippen molar-refractivity contribution >= 4 is 5.69 Å². The minimum atomic E-state index is -0.359. The lowest BCUT2D eigenvalue weighted by atomic mass is 9.93. The molecule has 108 valence electrons. The maximum absolute atomic E-state index is 13.8. The Hall–Kier alpha value is -1.60. The van der Waals surface area contributed by atoms with Crippen LogP contribution in [0, 0.1) is 24.1 Å². The van der Waals surface area contributed by atoms with E-state index in [1.165, 1.54) is 6.07 Å². The molecular formula is C16H21FN2O. The summed E-state index contributed by atoms with van der Waals surface area (Å²) in [6, 6.07) is 5.02. The summed E-state index contributed by atoms with van der Waals surface area (Å²) in [4.78, 5) is 0. The molecule has 20 heavy (non-hydrogen) atoms. The zero-order valence-electron chi connectivity index (χ0n) is 12.7. The van der Waals surface area contributed by atoms with Crippen LogP contribution in [0.5, 0.6) is 0 Å². The van der Waals surface area contributed by atoms with Crippen molar-refractivity contribution < 1.29 is 9.13 Å². The summed E-state index contributed by atoms with van der Waals surface area (Å²) in [6.45, 7) is 9.87. The van der Waals surface area contributed by atoms with Crippen LogP contribution in [0.1, 0.15) is 45.2 Å². The number of anilines is 1. The number of halogens is 1. The van der Waals surface area contributed by atoms with Gasteiger partial charge in [-0.1, -0.05) is 0 Å². The molecule has 1 unspecified atom stereocenters. The van der Waals surface area contributed by atoms with E-state index in [4.69, 9.17) is 10.00 Å². The highest BCUT2D eigenvalue weighted by molar-refractivity contribution is 5.56. The Morgan fingerprint density at radius 2 is 2.00 bits per heavy atom. The Balaban J connectivity index is 2.31. The van der Waals surface area contributed by atoms with Crippen LogP contribution >= 0.6 is 0 Å². The van der Waals surface area contributed by atoms with Crippen molar-refractivity contribution in [2.75, 3.05) is 5.32 Å². The van der Waals surface area contributed by atoms with Crippen molar-refractivity contribution in [1.29, 1.82) is 5.26 Å². The van der Waals surface area contributed by atoms with Gasteiger partial charge in [0.05, 0.1) is 28.9 Å². The van der Waals surface area contributed by atoms with Crippen molar-refractivity contribution in [3.8, 4) is 6.07 Å². The highest BCUT2D eigenvalue weighted by Crippen LogP contribution is 2.39. The van der Waals surface area contributed by atoms with Crippen molar-refractivity contribution in [2.24, 2.45) is 0 Å². The molecule has 1 heterocycles. The van der Waals surface area contributed by atoms with Crippen LogP contribution in [-0.2, 0) is 4.74 Å². The standard InChI is InChI=1S/C16H21FN2O/c1-10-12(17)6-11(9-18)7-13(10)19-14-8-15(2,3)20-16(14,4)5/h6-7,14,19H,8H2,1-5H3. The molecule has 0 aliphatic carbocycles. The average Bonchev–Trinajstić information content (AvgIpc) is 2.52. The summed E-state index contributed by atoms with van der Waals surface area (Å²) in [6.07, 6.45) is 0.831. The van der Waals surface area contributed by atoms with E-state index in [9.17, 15) is 4.39 Å². The summed E-state index contributed by atoms with van der Waals surface area (Å²) in [5.41, 5.74) is 0.979. The number of hydrogen-bond acceptors (Lipinski definition) is 3. The minimum Gasteiger partial charge on any atom is -0.379 e. The molecule has 0 saturated carbocycles. The predicted molar refractivity (Wildman–Crippen MR) is 77.1 cm³/mol. The number of rotatable bonds is 2. The van der Waals surface area contributed by atoms with Gasteiger partial charge in [-0.2, -0.15) is 5.26 Å². The third-order valence-corrected chi connectivity index (χ3v) is 3.88. The monoisotopic (exact) mass is 276 g/mol. The fraction of sp³-hybridized carbons (Fsp3) is 0.562. The van der Waals surface area contributed by atoms with Gasteiger partial charge in [0.2, 0.25) is 0 Å². The van der Waals surface area contributed by atoms with Gasteiger partial charge in [-0.25, -0.2) is 4.39 Å². The van der Waals surface area contributed by atoms with Gasteiger partial charge >= 0.3 is 0 Å². The molecule has 2 rings (SSSR count). The van der Waals surface area contributed by atoms with E-state index in [1.54, 1.807) is 13.0 Å². The highest BCUT2D eigenvalue weighted by atomic mass is 19.1. The van der Waals surface area contributed by atoms with Crippen LogP contribution in [-0.4, -0.2) is 17.2 Å². The Morgan fingerprint density at radius 1 is 1.35 bits per heavy atom. The molecule has 0 spiro atoms. The molecular weight excluding hydrogens is 255 g/mol. The lowest BCUT2D eigenvalue weighted by Gasteiger charge is -2.29. The van der Waals surface area contributed by atoms with E-state index >= 15 is 0 Å². The van der Waals surface area contributed by atoms with Crippen molar-refractivity contribution in [2.45, 2.75) is 58.3 Å². The summed E-state index contributed by atoms with van der Waals surface area (Å²) in [7, 11) is 0. The molecule has 1 aromatic rings. The van der Waals surface area contributed by atoms with E-state index in [-0.39, 0.29) is 23.1 Å². The quantitative estimate of drug-likeness (QED) is 0.894. The molecule has 1 atom stereocenters. The molecule has 1 aliphatic rings. The molecule has 0 amide bonds. The summed E-state index contributed by atoms with van der Waals surface area (Å²) < 4.78 is 19.8. The molecule has 1 fully saturated rings. The van der Waals surface area contributed by atoms with E-state index < -0.39 is 0 Å². The molecule has 1 N–H and O–H groups in total. The van der Waals surface area contributed by atoms with Gasteiger partial charge in [0.1, 0.15) is 5.82 Å². The molecule has 0 radical (unpaired) electrons. The Kier molecular flexibility index (Phi) is 3.51. The molecule has 0 bridgehead atoms. The molecule has 3 nitrogen and oxygen atoms in total. The minimum absolute atomic E-state index is 0.0737. The predicted octanol–water partition coefficient (Wildman–Crippen LogP) is 3.76. The SMILES string of the molecule is Cc1c(F)cc(C#N)cc1NC1CC(C)(C)OC1(C)C. The normalized spacial score (nSPS) is 23.4. The summed E-state index contributed by atoms with van der Waals surface area (Å²) in [5.74, 6) is -0.359. The Bertz CT molecular complexity index is 573. The second kappa shape index (κ2) is 4.75. The van der Waals surface area contributed by atoms with E-state index in [0.29, 0.717) is 16.8 Å². The van der Waals surface area contributed by atoms with Crippen LogP contribution in [0.4, 0.5) is 10.1 Å². The number of nitriles is 1. The van der Waals surface area contributed by atoms with Gasteiger partial charge in [0.15, 0.2) is 0 Å². The van der Waals surface area contributed by atoms with Gasteiger partial charge in [0, 0.05) is 11.3 Å². The Labute approximate surface area is 119 Å². The van der Waals surface area contributed by atoms with E-state index in [0.717, 1.165) is 6.42 Å². The molecule has 0 aromatic heterocycles. The summed E-state index contributed by atoms with van der Waals surface area (Å²) in [5, 5.41) is 12.3. The number of ether oxygens (including phenoxy) is 1. The van der Waals surface area contributed by atoms with Crippen LogP contribution in [0.15, 0.2) is 12.1 Å². The van der Waals surface area contributed by atoms with Gasteiger partial charge in [0.25, 0.3) is 0 Å². The van der Waals surface area contributed by atoms with Gasteiger partial charge in [-0.3, -0.25) is 0 Å². The smallest absolute Gasteiger partial charge is 0.129 e. The first kappa shape index (κ1) is 14.8. The van der Waals surface area contributed by atoms with Crippen LogP contribution in [0.3, 0.4) is 0 Å². The third-order valence-electron chi connectivity index (χ3n) is 3.88. The first-order valence-corrected chi connectivity index (χ1v) is 6.81. The van der Waals surface area contributed by atoms with Gasteiger partial charge in [-0.05, 0) is 53.2 Å². The van der Waals surface area contributed by atoms with Gasteiger partial charge in [-0.15, -0.1) is 0 Å². The summed E-state index contributed by atoms with van der Waals surface area (Å²) >= 11 is 0. The zero-order chi connectivity index (χ0) is 15.1. The highest BCUT2D eigenvalue weighted by Gasteiger charge is 2.45. The molecule has 1 aromatic carbocycles. The van der Waals surface area contributed by atoms with E-state index in [2.05, 4.69) is 19.2 Å². The molecule has 1 aliphatic heterocycles. The van der Waals surface area contributed by atoms with Crippen LogP contribution in [0.2, 0.25) is 0 Å². The molecule has 4 heteroatoms. The fourth-order valence-corrected chi connectivity index (χ4v) is 2.87. The zero-order valence-corrected chi connectivity index (χ0v) is 12.7. The van der Waals surface area contributed by atoms with Crippen molar-refractivity contribution in [3.63, 3.8) is 0 Å². The van der Waals surface area contributed by atoms with E-state index in [1.807, 2.05) is 19.9 Å². The Morgan fingerprint density at radius 3 is 2.50 bits per heavy atom. The number of nitrogens with one attached hydrogen (secondary N) is 1.